The normalized spacial score (nSPS) is 13.5. The molecule has 0 aliphatic heterocycles. The molecule has 1 aromatic carbocycles. The number of rotatable bonds is 12. The van der Waals surface area contributed by atoms with Crippen LogP contribution in [0.25, 0.3) is 17.3 Å². The number of pyridine rings is 1. The molecule has 1 N–H and O–H groups in total. The van der Waals surface area contributed by atoms with Gasteiger partial charge in [0, 0.05) is 25.3 Å². The number of hydrogen-bond donors (Lipinski definition) is 1. The van der Waals surface area contributed by atoms with Gasteiger partial charge < -0.3 is 19.0 Å². The van der Waals surface area contributed by atoms with Crippen molar-refractivity contribution in [2.24, 2.45) is 0 Å². The summed E-state index contributed by atoms with van der Waals surface area (Å²) in [7, 11) is -2.98. The Balaban J connectivity index is 1.96. The maximum absolute atomic E-state index is 14.4. The molecule has 3 aromatic heterocycles. The Bertz CT molecular complexity index is 1610. The van der Waals surface area contributed by atoms with E-state index in [1.54, 1.807) is 54.0 Å². The van der Waals surface area contributed by atoms with E-state index in [-0.39, 0.29) is 24.0 Å². The van der Waals surface area contributed by atoms with E-state index in [0.717, 1.165) is 0 Å². The highest BCUT2D eigenvalue weighted by Crippen LogP contribution is 2.40. The van der Waals surface area contributed by atoms with E-state index in [9.17, 15) is 13.5 Å². The number of furan rings is 1. The number of halogens is 1. The summed E-state index contributed by atoms with van der Waals surface area (Å²) in [5.74, 6) is 2.13. The molecular formula is C28H36BrN5O6SSi. The number of hydrogen-bond acceptors (Lipinski definition) is 9. The third-order valence-corrected chi connectivity index (χ3v) is 11.1. The molecule has 0 saturated heterocycles. The minimum absolute atomic E-state index is 0.0166. The van der Waals surface area contributed by atoms with Gasteiger partial charge >= 0.3 is 0 Å². The first-order valence-corrected chi connectivity index (χ1v) is 19.3. The number of aromatic nitrogens is 4. The molecule has 0 unspecified atom stereocenters. The summed E-state index contributed by atoms with van der Waals surface area (Å²) in [4.78, 5) is 4.24. The van der Waals surface area contributed by atoms with Gasteiger partial charge in [-0.1, -0.05) is 25.7 Å². The summed E-state index contributed by atoms with van der Waals surface area (Å²) in [6.45, 7) is 9.87. The summed E-state index contributed by atoms with van der Waals surface area (Å²) < 4.78 is 49.7. The lowest BCUT2D eigenvalue weighted by molar-refractivity contribution is 0.171. The number of para-hydroxylation sites is 1. The van der Waals surface area contributed by atoms with Crippen LogP contribution in [0.5, 0.6) is 11.5 Å². The van der Waals surface area contributed by atoms with Gasteiger partial charge in [0.1, 0.15) is 34.3 Å². The molecule has 11 nitrogen and oxygen atoms in total. The molecule has 0 aliphatic rings. The fourth-order valence-corrected chi connectivity index (χ4v) is 7.20. The Morgan fingerprint density at radius 2 is 1.74 bits per heavy atom. The number of aliphatic hydroxyl groups excluding tert-OH is 1. The van der Waals surface area contributed by atoms with Crippen LogP contribution in [-0.2, 0) is 10.0 Å². The zero-order chi connectivity index (χ0) is 30.8. The molecule has 4 aromatic rings. The van der Waals surface area contributed by atoms with E-state index in [4.69, 9.17) is 13.9 Å². The quantitative estimate of drug-likeness (QED) is 0.190. The van der Waals surface area contributed by atoms with Crippen molar-refractivity contribution < 1.29 is 27.4 Å². The standard InChI is InChI=1S/C28H36BrN5O6SSi/c1-18-11-14-24(40-18)27-31-32-28(34(27)25-22(38-3)9-8-10-23(25)39-4)33(15-16-42(5,6)7)41(36,37)19(2)26(35)21-13-12-20(29)17-30-21/h8-14,17,19,26,35H,15-16H2,1-7H3/t19-,26-/m1/s1. The van der Waals surface area contributed by atoms with Crippen LogP contribution < -0.4 is 13.8 Å². The summed E-state index contributed by atoms with van der Waals surface area (Å²) in [6, 6.07) is 12.7. The first kappa shape index (κ1) is 31.7. The molecule has 0 amide bonds. The average Bonchev–Trinajstić information content (AvgIpc) is 3.57. The summed E-state index contributed by atoms with van der Waals surface area (Å²) in [5.41, 5.74) is 0.640. The molecule has 0 bridgehead atoms. The first-order valence-electron chi connectivity index (χ1n) is 13.3. The number of ether oxygens (including phenoxy) is 2. The van der Waals surface area contributed by atoms with Gasteiger partial charge in [0.25, 0.3) is 0 Å². The van der Waals surface area contributed by atoms with Gasteiger partial charge in [-0.3, -0.25) is 9.55 Å². The third kappa shape index (κ3) is 6.56. The van der Waals surface area contributed by atoms with E-state index >= 15 is 0 Å². The molecule has 0 aliphatic carbocycles. The second-order valence-corrected chi connectivity index (χ2v) is 19.8. The van der Waals surface area contributed by atoms with Gasteiger partial charge in [-0.15, -0.1) is 10.2 Å². The van der Waals surface area contributed by atoms with Crippen molar-refractivity contribution in [2.75, 3.05) is 25.1 Å². The molecule has 3 heterocycles. The van der Waals surface area contributed by atoms with Gasteiger partial charge in [0.15, 0.2) is 5.76 Å². The molecule has 0 saturated carbocycles. The SMILES string of the molecule is COc1cccc(OC)c1-n1c(-c2ccc(C)o2)nnc1N(CC[Si](C)(C)C)S(=O)(=O)[C@H](C)[C@@H](O)c1ccc(Br)cn1. The van der Waals surface area contributed by atoms with Crippen LogP contribution in [0.2, 0.25) is 25.7 Å². The zero-order valence-corrected chi connectivity index (χ0v) is 28.1. The molecular weight excluding hydrogens is 642 g/mol. The van der Waals surface area contributed by atoms with Crippen molar-refractivity contribution in [2.45, 2.75) is 50.9 Å². The summed E-state index contributed by atoms with van der Waals surface area (Å²) >= 11 is 3.33. The van der Waals surface area contributed by atoms with E-state index < -0.39 is 29.5 Å². The van der Waals surface area contributed by atoms with Crippen LogP contribution in [0.3, 0.4) is 0 Å². The maximum Gasteiger partial charge on any atom is 0.246 e. The highest BCUT2D eigenvalue weighted by Gasteiger charge is 2.40. The number of benzene rings is 1. The fraction of sp³-hybridized carbons (Fsp3) is 0.393. The predicted octanol–water partition coefficient (Wildman–Crippen LogP) is 5.61. The Hall–Kier alpha value is -3.20. The van der Waals surface area contributed by atoms with Gasteiger partial charge in [-0.2, -0.15) is 0 Å². The monoisotopic (exact) mass is 677 g/mol. The van der Waals surface area contributed by atoms with E-state index in [1.807, 2.05) is 0 Å². The number of aryl methyl sites for hydroxylation is 1. The van der Waals surface area contributed by atoms with Crippen LogP contribution in [0.1, 0.15) is 24.5 Å². The van der Waals surface area contributed by atoms with Gasteiger partial charge in [-0.05, 0) is 72.2 Å². The Labute approximate surface area is 255 Å². The number of nitrogens with zero attached hydrogens (tertiary/aromatic N) is 5. The summed E-state index contributed by atoms with van der Waals surface area (Å²) in [6.07, 6.45) is 0.116. The highest BCUT2D eigenvalue weighted by molar-refractivity contribution is 9.10. The Morgan fingerprint density at radius 3 is 2.26 bits per heavy atom. The van der Waals surface area contributed by atoms with Crippen LogP contribution in [0.15, 0.2) is 57.6 Å². The molecule has 0 radical (unpaired) electrons. The van der Waals surface area contributed by atoms with Crippen molar-refractivity contribution in [3.8, 4) is 28.8 Å². The lowest BCUT2D eigenvalue weighted by atomic mass is 10.2. The van der Waals surface area contributed by atoms with Crippen molar-refractivity contribution in [3.63, 3.8) is 0 Å². The molecule has 14 heteroatoms. The van der Waals surface area contributed by atoms with Crippen molar-refractivity contribution in [3.05, 3.63) is 64.6 Å². The topological polar surface area (TPSA) is 133 Å². The van der Waals surface area contributed by atoms with Crippen molar-refractivity contribution >= 4 is 40.0 Å². The number of methoxy groups -OCH3 is 2. The Kier molecular flexibility index (Phi) is 9.50. The van der Waals surface area contributed by atoms with Gasteiger partial charge in [-0.25, -0.2) is 12.7 Å². The molecule has 2 atom stereocenters. The second kappa shape index (κ2) is 12.6. The van der Waals surface area contributed by atoms with Gasteiger partial charge in [0.05, 0.1) is 19.9 Å². The zero-order valence-electron chi connectivity index (χ0n) is 24.7. The van der Waals surface area contributed by atoms with Crippen LogP contribution in [0.4, 0.5) is 5.95 Å². The largest absolute Gasteiger partial charge is 0.494 e. The summed E-state index contributed by atoms with van der Waals surface area (Å²) in [5, 5.41) is 18.8. The fourth-order valence-electron chi connectivity index (χ4n) is 4.35. The number of sulfonamides is 1. The third-order valence-electron chi connectivity index (χ3n) is 6.80. The van der Waals surface area contributed by atoms with Crippen LogP contribution in [-0.4, -0.2) is 67.4 Å². The molecule has 0 fully saturated rings. The average molecular weight is 679 g/mol. The van der Waals surface area contributed by atoms with Crippen LogP contribution in [0, 0.1) is 6.92 Å². The molecule has 4 rings (SSSR count). The first-order chi connectivity index (χ1) is 19.8. The minimum Gasteiger partial charge on any atom is -0.494 e. The van der Waals surface area contributed by atoms with E-state index in [1.165, 1.54) is 31.6 Å². The lowest BCUT2D eigenvalue weighted by Crippen LogP contribution is -2.44. The maximum atomic E-state index is 14.4. The smallest absolute Gasteiger partial charge is 0.246 e. The van der Waals surface area contributed by atoms with Crippen molar-refractivity contribution in [1.29, 1.82) is 0 Å². The number of aliphatic hydroxyl groups is 1. The van der Waals surface area contributed by atoms with E-state index in [0.29, 0.717) is 39.2 Å². The highest BCUT2D eigenvalue weighted by atomic mass is 79.9. The lowest BCUT2D eigenvalue weighted by Gasteiger charge is -2.31. The predicted molar refractivity (Wildman–Crippen MR) is 168 cm³/mol. The van der Waals surface area contributed by atoms with Crippen LogP contribution >= 0.6 is 15.9 Å². The molecule has 42 heavy (non-hydrogen) atoms. The molecule has 226 valence electrons. The number of anilines is 1. The Morgan fingerprint density at radius 1 is 1.07 bits per heavy atom. The second-order valence-electron chi connectivity index (χ2n) is 11.1. The minimum atomic E-state index is -4.25. The van der Waals surface area contributed by atoms with E-state index in [2.05, 4.69) is 50.8 Å². The van der Waals surface area contributed by atoms with Crippen molar-refractivity contribution in [1.82, 2.24) is 19.7 Å². The molecule has 0 spiro atoms. The van der Waals surface area contributed by atoms with Gasteiger partial charge in [0.2, 0.25) is 21.8 Å².